The lowest BCUT2D eigenvalue weighted by molar-refractivity contribution is -0.186. The molecule has 4 nitrogen and oxygen atoms in total. The van der Waals surface area contributed by atoms with Crippen LogP contribution in [-0.4, -0.2) is 18.9 Å². The summed E-state index contributed by atoms with van der Waals surface area (Å²) in [6, 6.07) is 2.37. The fourth-order valence-electron chi connectivity index (χ4n) is 6.83. The monoisotopic (exact) mass is 331 g/mol. The van der Waals surface area contributed by atoms with Crippen molar-refractivity contribution in [2.75, 3.05) is 7.11 Å². The number of esters is 1. The summed E-state index contributed by atoms with van der Waals surface area (Å²) in [5.41, 5.74) is -0.567. The number of Topliss-reactive ketones (excluding diaryl/α,β-unsaturated/α-hetero) is 1. The van der Waals surface area contributed by atoms with Crippen molar-refractivity contribution in [1.82, 2.24) is 0 Å². The van der Waals surface area contributed by atoms with Gasteiger partial charge in [0.2, 0.25) is 0 Å². The van der Waals surface area contributed by atoms with Crippen LogP contribution in [0.2, 0.25) is 0 Å². The Morgan fingerprint density at radius 3 is 2.67 bits per heavy atom. The number of ether oxygens (including phenoxy) is 1. The van der Waals surface area contributed by atoms with Crippen LogP contribution in [0.5, 0.6) is 0 Å². The second-order valence-electron chi connectivity index (χ2n) is 8.86. The van der Waals surface area contributed by atoms with Crippen molar-refractivity contribution in [3.8, 4) is 6.07 Å². The van der Waals surface area contributed by atoms with Gasteiger partial charge in [-0.15, -0.1) is 0 Å². The Hall–Kier alpha value is -1.37. The predicted molar refractivity (Wildman–Crippen MR) is 89.8 cm³/mol. The van der Waals surface area contributed by atoms with Gasteiger partial charge < -0.3 is 4.74 Å². The molecule has 132 valence electrons. The van der Waals surface area contributed by atoms with Crippen LogP contribution in [0.3, 0.4) is 0 Å². The zero-order valence-electron chi connectivity index (χ0n) is 15.2. The number of carbonyl (C=O) groups excluding carboxylic acids is 2. The minimum Gasteiger partial charge on any atom is -0.469 e. The molecule has 3 fully saturated rings. The summed E-state index contributed by atoms with van der Waals surface area (Å²) in [7, 11) is 1.49. The third-order valence-electron chi connectivity index (χ3n) is 7.79. The molecule has 3 saturated carbocycles. The fraction of sp³-hybridized carbons (Fsp3) is 0.850. The predicted octanol–water partition coefficient (Wildman–Crippen LogP) is 4.04. The first-order valence-electron chi connectivity index (χ1n) is 9.29. The molecular weight excluding hydrogens is 302 g/mol. The maximum absolute atomic E-state index is 12.6. The van der Waals surface area contributed by atoms with Gasteiger partial charge in [-0.25, -0.2) is 0 Å². The molecule has 3 aliphatic rings. The van der Waals surface area contributed by atoms with E-state index >= 15 is 0 Å². The number of nitriles is 1. The Bertz CT molecular complexity index is 594. The summed E-state index contributed by atoms with van der Waals surface area (Å²) in [5, 5.41) is 9.41. The highest BCUT2D eigenvalue weighted by atomic mass is 16.5. The van der Waals surface area contributed by atoms with Crippen molar-refractivity contribution in [3.05, 3.63) is 0 Å². The van der Waals surface area contributed by atoms with Gasteiger partial charge in [-0.1, -0.05) is 13.3 Å². The third kappa shape index (κ3) is 2.31. The van der Waals surface area contributed by atoms with E-state index in [1.807, 2.05) is 0 Å². The number of hydrogen-bond acceptors (Lipinski definition) is 4. The third-order valence-corrected chi connectivity index (χ3v) is 7.79. The number of methoxy groups -OCH3 is 1. The van der Waals surface area contributed by atoms with E-state index in [1.165, 1.54) is 7.11 Å². The van der Waals surface area contributed by atoms with Crippen LogP contribution in [0.4, 0.5) is 0 Å². The van der Waals surface area contributed by atoms with Gasteiger partial charge in [0.1, 0.15) is 5.78 Å². The second-order valence-corrected chi connectivity index (χ2v) is 8.86. The van der Waals surface area contributed by atoms with E-state index in [4.69, 9.17) is 4.74 Å². The number of carbonyl (C=O) groups is 2. The lowest BCUT2D eigenvalue weighted by Crippen LogP contribution is -2.59. The van der Waals surface area contributed by atoms with E-state index in [0.717, 1.165) is 38.5 Å². The average Bonchev–Trinajstić information content (AvgIpc) is 2.53. The largest absolute Gasteiger partial charge is 0.469 e. The molecule has 0 unspecified atom stereocenters. The maximum Gasteiger partial charge on any atom is 0.311 e. The normalized spacial score (nSPS) is 44.8. The highest BCUT2D eigenvalue weighted by Crippen LogP contribution is 2.68. The van der Waals surface area contributed by atoms with Crippen LogP contribution in [0, 0.1) is 39.4 Å². The van der Waals surface area contributed by atoms with Gasteiger partial charge in [0.25, 0.3) is 0 Å². The van der Waals surface area contributed by atoms with Gasteiger partial charge in [0, 0.05) is 19.3 Å². The first-order valence-corrected chi connectivity index (χ1v) is 9.29. The molecule has 4 heteroatoms. The lowest BCUT2D eigenvalue weighted by Gasteiger charge is -2.63. The van der Waals surface area contributed by atoms with Gasteiger partial charge >= 0.3 is 5.97 Å². The van der Waals surface area contributed by atoms with Crippen molar-refractivity contribution < 1.29 is 14.3 Å². The summed E-state index contributed by atoms with van der Waals surface area (Å²) in [5.74, 6) is 0.884. The molecule has 0 amide bonds. The molecule has 0 saturated heterocycles. The fourth-order valence-corrected chi connectivity index (χ4v) is 6.83. The lowest BCUT2D eigenvalue weighted by atomic mass is 9.40. The van der Waals surface area contributed by atoms with Crippen LogP contribution < -0.4 is 0 Å². The highest BCUT2D eigenvalue weighted by Gasteiger charge is 2.63. The van der Waals surface area contributed by atoms with Gasteiger partial charge in [-0.2, -0.15) is 5.26 Å². The number of hydrogen-bond donors (Lipinski definition) is 0. The molecule has 0 N–H and O–H groups in total. The van der Waals surface area contributed by atoms with E-state index in [0.29, 0.717) is 31.0 Å². The van der Waals surface area contributed by atoms with Gasteiger partial charge in [0.15, 0.2) is 0 Å². The van der Waals surface area contributed by atoms with Crippen molar-refractivity contribution in [2.45, 2.75) is 71.6 Å². The zero-order chi connectivity index (χ0) is 17.6. The van der Waals surface area contributed by atoms with Crippen LogP contribution in [-0.2, 0) is 14.3 Å². The molecule has 3 aliphatic carbocycles. The Kier molecular flexibility index (Phi) is 4.26. The first kappa shape index (κ1) is 17.5. The molecule has 0 radical (unpaired) electrons. The molecule has 5 atom stereocenters. The van der Waals surface area contributed by atoms with Crippen LogP contribution >= 0.6 is 0 Å². The standard InChI is InChI=1S/C20H29NO3/c1-18-8-4-9-19(2,17(23)24-3)15(18)7-10-20(11-12-21)13-14(22)5-6-16(18)20/h15-16H,4-11,13H2,1-3H3/t15-,16-,18+,19+,20+/m0/s1. The molecule has 0 aliphatic heterocycles. The average molecular weight is 331 g/mol. The molecular formula is C20H29NO3. The zero-order valence-corrected chi connectivity index (χ0v) is 15.2. The summed E-state index contributed by atoms with van der Waals surface area (Å²) in [4.78, 5) is 24.7. The van der Waals surface area contributed by atoms with Gasteiger partial charge in [-0.05, 0) is 61.7 Å². The molecule has 0 aromatic carbocycles. The van der Waals surface area contributed by atoms with E-state index in [1.54, 1.807) is 0 Å². The molecule has 24 heavy (non-hydrogen) atoms. The molecule has 3 rings (SSSR count). The first-order chi connectivity index (χ1) is 11.3. The highest BCUT2D eigenvalue weighted by molar-refractivity contribution is 5.80. The van der Waals surface area contributed by atoms with Gasteiger partial charge in [0.05, 0.1) is 18.6 Å². The van der Waals surface area contributed by atoms with E-state index in [-0.39, 0.29) is 22.7 Å². The summed E-state index contributed by atoms with van der Waals surface area (Å²) >= 11 is 0. The summed E-state index contributed by atoms with van der Waals surface area (Å²) < 4.78 is 5.17. The summed E-state index contributed by atoms with van der Waals surface area (Å²) in [6.45, 7) is 4.40. The second kappa shape index (κ2) is 5.86. The number of rotatable bonds is 2. The van der Waals surface area contributed by atoms with E-state index < -0.39 is 5.41 Å². The van der Waals surface area contributed by atoms with Crippen molar-refractivity contribution in [1.29, 1.82) is 5.26 Å². The smallest absolute Gasteiger partial charge is 0.311 e. The molecule has 0 bridgehead atoms. The Morgan fingerprint density at radius 1 is 1.25 bits per heavy atom. The van der Waals surface area contributed by atoms with Crippen LogP contribution in [0.25, 0.3) is 0 Å². The van der Waals surface area contributed by atoms with E-state index in [2.05, 4.69) is 19.9 Å². The quantitative estimate of drug-likeness (QED) is 0.716. The van der Waals surface area contributed by atoms with Gasteiger partial charge in [-0.3, -0.25) is 9.59 Å². The Labute approximate surface area is 144 Å². The number of nitrogens with zero attached hydrogens (tertiary/aromatic N) is 1. The van der Waals surface area contributed by atoms with E-state index in [9.17, 15) is 14.9 Å². The minimum atomic E-state index is -0.429. The van der Waals surface area contributed by atoms with Crippen LogP contribution in [0.15, 0.2) is 0 Å². The molecule has 0 spiro atoms. The van der Waals surface area contributed by atoms with Crippen molar-refractivity contribution >= 4 is 11.8 Å². The maximum atomic E-state index is 12.6. The minimum absolute atomic E-state index is 0.0248. The Morgan fingerprint density at radius 2 is 2.00 bits per heavy atom. The molecule has 0 heterocycles. The van der Waals surface area contributed by atoms with Crippen molar-refractivity contribution in [3.63, 3.8) is 0 Å². The molecule has 0 aromatic heterocycles. The van der Waals surface area contributed by atoms with Crippen molar-refractivity contribution in [2.24, 2.45) is 28.1 Å². The van der Waals surface area contributed by atoms with Crippen LogP contribution in [0.1, 0.15) is 71.6 Å². The Balaban J connectivity index is 2.02. The number of fused-ring (bicyclic) bond motifs is 3. The SMILES string of the molecule is COC(=O)[C@]1(C)CCC[C@@]2(C)[C@@H]3CCC(=O)C[C@]3(CC#N)CC[C@@H]21. The topological polar surface area (TPSA) is 67.2 Å². The molecule has 0 aromatic rings. The number of ketones is 1. The summed E-state index contributed by atoms with van der Waals surface area (Å²) in [6.07, 6.45) is 7.36.